The van der Waals surface area contributed by atoms with Crippen LogP contribution >= 0.6 is 11.3 Å². The van der Waals surface area contributed by atoms with Crippen molar-refractivity contribution in [1.29, 1.82) is 0 Å². The third-order valence-corrected chi connectivity index (χ3v) is 4.52. The number of nitrogens with zero attached hydrogens (tertiary/aromatic N) is 2. The fourth-order valence-corrected chi connectivity index (χ4v) is 3.22. The van der Waals surface area contributed by atoms with Gasteiger partial charge >= 0.3 is 0 Å². The molecule has 0 saturated carbocycles. The molecule has 0 atom stereocenters. The predicted octanol–water partition coefficient (Wildman–Crippen LogP) is 4.52. The molecule has 0 aliphatic carbocycles. The van der Waals surface area contributed by atoms with Crippen molar-refractivity contribution in [3.63, 3.8) is 0 Å². The van der Waals surface area contributed by atoms with Crippen LogP contribution in [0.3, 0.4) is 0 Å². The van der Waals surface area contributed by atoms with E-state index in [1.54, 1.807) is 12.4 Å². The maximum absolute atomic E-state index is 12.2. The van der Waals surface area contributed by atoms with E-state index >= 15 is 0 Å². The number of hydrogen-bond donors (Lipinski definition) is 1. The van der Waals surface area contributed by atoms with Crippen LogP contribution in [0.1, 0.15) is 26.3 Å². The van der Waals surface area contributed by atoms with Gasteiger partial charge in [-0.2, -0.15) is 0 Å². The number of hydrogen-bond acceptors (Lipinski definition) is 5. The molecule has 0 bridgehead atoms. The maximum atomic E-state index is 12.2. The molecule has 1 aromatic carbocycles. The predicted molar refractivity (Wildman–Crippen MR) is 105 cm³/mol. The summed E-state index contributed by atoms with van der Waals surface area (Å²) < 4.78 is 5.74. The quantitative estimate of drug-likeness (QED) is 0.720. The lowest BCUT2D eigenvalue weighted by Crippen LogP contribution is -2.21. The van der Waals surface area contributed by atoms with E-state index in [9.17, 15) is 4.79 Å². The van der Waals surface area contributed by atoms with E-state index in [2.05, 4.69) is 36.1 Å². The van der Waals surface area contributed by atoms with E-state index in [0.717, 1.165) is 22.6 Å². The fraction of sp³-hybridized carbons (Fsp3) is 0.250. The topological polar surface area (TPSA) is 64.1 Å². The Kier molecular flexibility index (Phi) is 5.32. The minimum atomic E-state index is -0.235. The lowest BCUT2D eigenvalue weighted by atomic mass is 9.86. The zero-order valence-electron chi connectivity index (χ0n) is 15.0. The molecule has 2 heterocycles. The molecule has 0 radical (unpaired) electrons. The molecule has 26 heavy (non-hydrogen) atoms. The molecule has 6 heteroatoms. The minimum Gasteiger partial charge on any atom is -0.483 e. The molecule has 5 nitrogen and oxygen atoms in total. The fourth-order valence-electron chi connectivity index (χ4n) is 2.49. The van der Waals surface area contributed by atoms with Crippen molar-refractivity contribution in [2.45, 2.75) is 26.2 Å². The summed E-state index contributed by atoms with van der Waals surface area (Å²) in [6.45, 7) is 6.29. The molecule has 1 N–H and O–H groups in total. The lowest BCUT2D eigenvalue weighted by Gasteiger charge is -2.22. The number of amides is 1. The number of nitrogens with one attached hydrogen (secondary N) is 1. The minimum absolute atomic E-state index is 0.0546. The molecule has 1 amide bonds. The number of benzene rings is 1. The Bertz CT molecular complexity index is 885. The number of para-hydroxylation sites is 1. The SMILES string of the molecule is CC(C)(C)c1ccccc1OCC(=O)Nc1nc(-c2cccnc2)cs1. The number of ether oxygens (including phenoxy) is 1. The van der Waals surface area contributed by atoms with Crippen LogP contribution in [0.5, 0.6) is 5.75 Å². The van der Waals surface area contributed by atoms with Gasteiger partial charge in [0.05, 0.1) is 5.69 Å². The van der Waals surface area contributed by atoms with Gasteiger partial charge < -0.3 is 4.74 Å². The van der Waals surface area contributed by atoms with Gasteiger partial charge in [0.25, 0.3) is 5.91 Å². The van der Waals surface area contributed by atoms with E-state index in [1.165, 1.54) is 11.3 Å². The van der Waals surface area contributed by atoms with E-state index in [-0.39, 0.29) is 17.9 Å². The van der Waals surface area contributed by atoms with Gasteiger partial charge in [0, 0.05) is 23.3 Å². The molecular formula is C20H21N3O2S. The van der Waals surface area contributed by atoms with Gasteiger partial charge in [-0.15, -0.1) is 11.3 Å². The largest absolute Gasteiger partial charge is 0.483 e. The number of pyridine rings is 1. The Labute approximate surface area is 157 Å². The van der Waals surface area contributed by atoms with E-state index in [4.69, 9.17) is 4.74 Å². The van der Waals surface area contributed by atoms with Gasteiger partial charge in [-0.25, -0.2) is 4.98 Å². The number of aromatic nitrogens is 2. The Hall–Kier alpha value is -2.73. The maximum Gasteiger partial charge on any atom is 0.264 e. The van der Waals surface area contributed by atoms with Crippen LogP contribution in [0.15, 0.2) is 54.2 Å². The van der Waals surface area contributed by atoms with Gasteiger partial charge in [-0.3, -0.25) is 15.1 Å². The van der Waals surface area contributed by atoms with Crippen molar-refractivity contribution in [3.8, 4) is 17.0 Å². The summed E-state index contributed by atoms with van der Waals surface area (Å²) in [6.07, 6.45) is 3.46. The van der Waals surface area contributed by atoms with Gasteiger partial charge in [0.1, 0.15) is 5.75 Å². The first-order valence-electron chi connectivity index (χ1n) is 8.31. The van der Waals surface area contributed by atoms with Crippen molar-refractivity contribution in [1.82, 2.24) is 9.97 Å². The van der Waals surface area contributed by atoms with Crippen molar-refractivity contribution < 1.29 is 9.53 Å². The molecule has 0 aliphatic heterocycles. The second-order valence-corrected chi connectivity index (χ2v) is 7.72. The summed E-state index contributed by atoms with van der Waals surface area (Å²) >= 11 is 1.38. The lowest BCUT2D eigenvalue weighted by molar-refractivity contribution is -0.118. The normalized spacial score (nSPS) is 11.2. The van der Waals surface area contributed by atoms with Gasteiger partial charge in [-0.05, 0) is 29.2 Å². The number of anilines is 1. The van der Waals surface area contributed by atoms with Gasteiger partial charge in [0.15, 0.2) is 11.7 Å². The van der Waals surface area contributed by atoms with Crippen molar-refractivity contribution >= 4 is 22.4 Å². The van der Waals surface area contributed by atoms with Crippen LogP contribution in [0, 0.1) is 0 Å². The first-order chi connectivity index (χ1) is 12.4. The molecule has 3 rings (SSSR count). The van der Waals surface area contributed by atoms with Crippen LogP contribution < -0.4 is 10.1 Å². The molecule has 0 saturated heterocycles. The highest BCUT2D eigenvalue weighted by Crippen LogP contribution is 2.31. The summed E-state index contributed by atoms with van der Waals surface area (Å²) in [6, 6.07) is 11.6. The van der Waals surface area contributed by atoms with Crippen LogP contribution in [-0.2, 0) is 10.2 Å². The molecule has 0 aliphatic rings. The van der Waals surface area contributed by atoms with Crippen molar-refractivity contribution in [2.75, 3.05) is 11.9 Å². The molecule has 0 unspecified atom stereocenters. The Balaban J connectivity index is 1.62. The smallest absolute Gasteiger partial charge is 0.264 e. The zero-order valence-corrected chi connectivity index (χ0v) is 15.8. The second-order valence-electron chi connectivity index (χ2n) is 6.86. The Morgan fingerprint density at radius 3 is 2.73 bits per heavy atom. The first kappa shape index (κ1) is 18.1. The Morgan fingerprint density at radius 1 is 1.19 bits per heavy atom. The molecule has 3 aromatic rings. The highest BCUT2D eigenvalue weighted by molar-refractivity contribution is 7.14. The molecule has 134 valence electrons. The molecule has 0 spiro atoms. The van der Waals surface area contributed by atoms with E-state index in [0.29, 0.717) is 5.13 Å². The van der Waals surface area contributed by atoms with Gasteiger partial charge in [-0.1, -0.05) is 39.0 Å². The van der Waals surface area contributed by atoms with Gasteiger partial charge in [0.2, 0.25) is 0 Å². The number of carbonyl (C=O) groups is 1. The van der Waals surface area contributed by atoms with Crippen molar-refractivity contribution in [3.05, 3.63) is 59.7 Å². The first-order valence-corrected chi connectivity index (χ1v) is 9.19. The zero-order chi connectivity index (χ0) is 18.6. The number of carbonyl (C=O) groups excluding carboxylic acids is 1. The summed E-state index contributed by atoms with van der Waals surface area (Å²) in [4.78, 5) is 20.7. The Morgan fingerprint density at radius 2 is 2.00 bits per heavy atom. The van der Waals surface area contributed by atoms with Crippen LogP contribution in [-0.4, -0.2) is 22.5 Å². The third-order valence-electron chi connectivity index (χ3n) is 3.76. The second kappa shape index (κ2) is 7.66. The highest BCUT2D eigenvalue weighted by Gasteiger charge is 2.19. The standard InChI is InChI=1S/C20H21N3O2S/c1-20(2,3)15-8-4-5-9-17(15)25-12-18(24)23-19-22-16(13-26-19)14-7-6-10-21-11-14/h4-11,13H,12H2,1-3H3,(H,22,23,24). The monoisotopic (exact) mass is 367 g/mol. The third kappa shape index (κ3) is 4.46. The average Bonchev–Trinajstić information content (AvgIpc) is 3.09. The van der Waals surface area contributed by atoms with Crippen LogP contribution in [0.25, 0.3) is 11.3 Å². The van der Waals surface area contributed by atoms with Crippen LogP contribution in [0.2, 0.25) is 0 Å². The van der Waals surface area contributed by atoms with E-state index in [1.807, 2.05) is 41.8 Å². The van der Waals surface area contributed by atoms with E-state index < -0.39 is 0 Å². The highest BCUT2D eigenvalue weighted by atomic mass is 32.1. The molecular weight excluding hydrogens is 346 g/mol. The molecule has 0 fully saturated rings. The van der Waals surface area contributed by atoms with Crippen LogP contribution in [0.4, 0.5) is 5.13 Å². The molecule has 2 aromatic heterocycles. The summed E-state index contributed by atoms with van der Waals surface area (Å²) in [5.41, 5.74) is 2.72. The summed E-state index contributed by atoms with van der Waals surface area (Å²) in [5.74, 6) is 0.492. The number of thiazole rings is 1. The number of rotatable bonds is 5. The average molecular weight is 367 g/mol. The summed E-state index contributed by atoms with van der Waals surface area (Å²) in [7, 11) is 0. The van der Waals surface area contributed by atoms with Crippen molar-refractivity contribution in [2.24, 2.45) is 0 Å². The summed E-state index contributed by atoms with van der Waals surface area (Å²) in [5, 5.41) is 5.22.